The number of benzene rings is 1. The van der Waals surface area contributed by atoms with Gasteiger partial charge in [-0.25, -0.2) is 0 Å². The van der Waals surface area contributed by atoms with Gasteiger partial charge in [-0.2, -0.15) is 11.8 Å². The highest BCUT2D eigenvalue weighted by molar-refractivity contribution is 7.99. The summed E-state index contributed by atoms with van der Waals surface area (Å²) in [4.78, 5) is 11.3. The van der Waals surface area contributed by atoms with Gasteiger partial charge < -0.3 is 16.8 Å². The standard InChI is InChI=1S/C12H19N3OS/c1-12(2,17-3)7-15-10-8(11(14)16)5-4-6-9(10)13/h4-6,15H,7,13H2,1-3H3,(H2,14,16). The molecule has 0 aromatic heterocycles. The first-order chi connectivity index (χ1) is 7.87. The lowest BCUT2D eigenvalue weighted by molar-refractivity contribution is 0.100. The van der Waals surface area contributed by atoms with Crippen molar-refractivity contribution in [1.82, 2.24) is 0 Å². The number of anilines is 2. The molecule has 1 aromatic carbocycles. The molecule has 1 amide bonds. The lowest BCUT2D eigenvalue weighted by Crippen LogP contribution is -2.27. The largest absolute Gasteiger partial charge is 0.397 e. The molecule has 0 spiro atoms. The molecule has 94 valence electrons. The number of carbonyl (C=O) groups excluding carboxylic acids is 1. The number of nitrogen functional groups attached to an aromatic ring is 1. The number of nitrogens with two attached hydrogens (primary N) is 2. The van der Waals surface area contributed by atoms with Crippen LogP contribution in [0.25, 0.3) is 0 Å². The van der Waals surface area contributed by atoms with Crippen molar-refractivity contribution in [2.75, 3.05) is 23.9 Å². The first kappa shape index (κ1) is 13.7. The van der Waals surface area contributed by atoms with Crippen LogP contribution in [-0.4, -0.2) is 23.5 Å². The average molecular weight is 253 g/mol. The van der Waals surface area contributed by atoms with Crippen LogP contribution in [0.3, 0.4) is 0 Å². The fourth-order valence-electron chi connectivity index (χ4n) is 1.35. The molecule has 0 aliphatic rings. The smallest absolute Gasteiger partial charge is 0.250 e. The molecule has 5 N–H and O–H groups in total. The van der Waals surface area contributed by atoms with Crippen LogP contribution in [0, 0.1) is 0 Å². The topological polar surface area (TPSA) is 81.1 Å². The van der Waals surface area contributed by atoms with E-state index in [1.807, 2.05) is 6.26 Å². The number of nitrogens with one attached hydrogen (secondary N) is 1. The van der Waals surface area contributed by atoms with Crippen LogP contribution < -0.4 is 16.8 Å². The van der Waals surface area contributed by atoms with E-state index in [2.05, 4.69) is 19.2 Å². The van der Waals surface area contributed by atoms with E-state index in [1.165, 1.54) is 0 Å². The monoisotopic (exact) mass is 253 g/mol. The number of thioether (sulfide) groups is 1. The van der Waals surface area contributed by atoms with Gasteiger partial charge in [0.2, 0.25) is 0 Å². The number of hydrogen-bond donors (Lipinski definition) is 3. The molecule has 1 aromatic rings. The lowest BCUT2D eigenvalue weighted by atomic mass is 10.1. The number of para-hydroxylation sites is 1. The van der Waals surface area contributed by atoms with E-state index in [4.69, 9.17) is 11.5 Å². The van der Waals surface area contributed by atoms with E-state index in [1.54, 1.807) is 30.0 Å². The van der Waals surface area contributed by atoms with Gasteiger partial charge >= 0.3 is 0 Å². The molecule has 0 unspecified atom stereocenters. The summed E-state index contributed by atoms with van der Waals surface area (Å²) in [5.41, 5.74) is 12.8. The molecule has 0 saturated heterocycles. The van der Waals surface area contributed by atoms with Crippen LogP contribution >= 0.6 is 11.8 Å². The Morgan fingerprint density at radius 3 is 2.65 bits per heavy atom. The van der Waals surface area contributed by atoms with Gasteiger partial charge in [-0.15, -0.1) is 0 Å². The molecule has 17 heavy (non-hydrogen) atoms. The van der Waals surface area contributed by atoms with E-state index >= 15 is 0 Å². The van der Waals surface area contributed by atoms with Crippen LogP contribution in [0.2, 0.25) is 0 Å². The molecular weight excluding hydrogens is 234 g/mol. The van der Waals surface area contributed by atoms with Crippen LogP contribution in [-0.2, 0) is 0 Å². The third-order valence-corrected chi connectivity index (χ3v) is 3.86. The minimum atomic E-state index is -0.471. The second-order valence-electron chi connectivity index (χ2n) is 4.45. The summed E-state index contributed by atoms with van der Waals surface area (Å²) >= 11 is 1.75. The predicted octanol–water partition coefficient (Wildman–Crippen LogP) is 1.92. The number of primary amides is 1. The molecule has 0 fully saturated rings. The Morgan fingerprint density at radius 1 is 1.47 bits per heavy atom. The molecule has 0 aliphatic carbocycles. The molecule has 0 bridgehead atoms. The molecule has 0 saturated carbocycles. The summed E-state index contributed by atoms with van der Waals surface area (Å²) in [5, 5.41) is 3.21. The zero-order valence-corrected chi connectivity index (χ0v) is 11.2. The quantitative estimate of drug-likeness (QED) is 0.700. The van der Waals surface area contributed by atoms with E-state index in [0.717, 1.165) is 0 Å². The summed E-state index contributed by atoms with van der Waals surface area (Å²) in [7, 11) is 0. The number of rotatable bonds is 5. The minimum Gasteiger partial charge on any atom is -0.397 e. The van der Waals surface area contributed by atoms with Crippen molar-refractivity contribution in [2.45, 2.75) is 18.6 Å². The summed E-state index contributed by atoms with van der Waals surface area (Å²) in [6, 6.07) is 5.15. The Labute approximate surface area is 106 Å². The van der Waals surface area contributed by atoms with Crippen molar-refractivity contribution >= 4 is 29.0 Å². The molecule has 1 rings (SSSR count). The molecule has 5 heteroatoms. The van der Waals surface area contributed by atoms with Crippen molar-refractivity contribution in [2.24, 2.45) is 5.73 Å². The molecule has 0 heterocycles. The second-order valence-corrected chi connectivity index (χ2v) is 5.96. The molecule has 0 radical (unpaired) electrons. The van der Waals surface area contributed by atoms with Gasteiger partial charge in [-0.3, -0.25) is 4.79 Å². The summed E-state index contributed by atoms with van der Waals surface area (Å²) in [6.07, 6.45) is 2.05. The van der Waals surface area contributed by atoms with Crippen LogP contribution in [0.1, 0.15) is 24.2 Å². The first-order valence-electron chi connectivity index (χ1n) is 5.34. The fraction of sp³-hybridized carbons (Fsp3) is 0.417. The van der Waals surface area contributed by atoms with Crippen LogP contribution in [0.15, 0.2) is 18.2 Å². The Bertz CT molecular complexity index is 418. The summed E-state index contributed by atoms with van der Waals surface area (Å²) in [5.74, 6) is -0.471. The highest BCUT2D eigenvalue weighted by Gasteiger charge is 2.18. The Morgan fingerprint density at radius 2 is 2.12 bits per heavy atom. The lowest BCUT2D eigenvalue weighted by Gasteiger charge is -2.24. The fourth-order valence-corrected chi connectivity index (χ4v) is 1.56. The van der Waals surface area contributed by atoms with Gasteiger partial charge in [0.05, 0.1) is 16.9 Å². The van der Waals surface area contributed by atoms with Gasteiger partial charge in [0.1, 0.15) is 0 Å². The molecular formula is C12H19N3OS. The normalized spacial score (nSPS) is 11.2. The highest BCUT2D eigenvalue weighted by atomic mass is 32.2. The van der Waals surface area contributed by atoms with E-state index in [9.17, 15) is 4.79 Å². The SMILES string of the molecule is CSC(C)(C)CNc1c(N)cccc1C(N)=O. The van der Waals surface area contributed by atoms with Gasteiger partial charge in [0.25, 0.3) is 5.91 Å². The predicted molar refractivity (Wildman–Crippen MR) is 75.5 cm³/mol. The number of amides is 1. The van der Waals surface area contributed by atoms with Crippen molar-refractivity contribution in [1.29, 1.82) is 0 Å². The van der Waals surface area contributed by atoms with E-state index in [-0.39, 0.29) is 4.75 Å². The third-order valence-electron chi connectivity index (χ3n) is 2.61. The van der Waals surface area contributed by atoms with Gasteiger partial charge in [0, 0.05) is 11.3 Å². The van der Waals surface area contributed by atoms with Gasteiger partial charge in [-0.05, 0) is 32.2 Å². The maximum absolute atomic E-state index is 11.3. The van der Waals surface area contributed by atoms with Crippen molar-refractivity contribution < 1.29 is 4.79 Å². The number of hydrogen-bond acceptors (Lipinski definition) is 4. The van der Waals surface area contributed by atoms with Gasteiger partial charge in [0.15, 0.2) is 0 Å². The van der Waals surface area contributed by atoms with Gasteiger partial charge in [-0.1, -0.05) is 6.07 Å². The van der Waals surface area contributed by atoms with Crippen LogP contribution in [0.5, 0.6) is 0 Å². The zero-order valence-electron chi connectivity index (χ0n) is 10.4. The van der Waals surface area contributed by atoms with Crippen molar-refractivity contribution in [3.63, 3.8) is 0 Å². The summed E-state index contributed by atoms with van der Waals surface area (Å²) < 4.78 is 0.0667. The van der Waals surface area contributed by atoms with Crippen molar-refractivity contribution in [3.05, 3.63) is 23.8 Å². The Kier molecular flexibility index (Phi) is 4.28. The maximum atomic E-state index is 11.3. The minimum absolute atomic E-state index is 0.0667. The van der Waals surface area contributed by atoms with E-state index in [0.29, 0.717) is 23.5 Å². The third kappa shape index (κ3) is 3.56. The molecule has 0 atom stereocenters. The van der Waals surface area contributed by atoms with Crippen molar-refractivity contribution in [3.8, 4) is 0 Å². The molecule has 4 nitrogen and oxygen atoms in total. The van der Waals surface area contributed by atoms with E-state index < -0.39 is 5.91 Å². The zero-order chi connectivity index (χ0) is 13.1. The summed E-state index contributed by atoms with van der Waals surface area (Å²) in [6.45, 7) is 4.95. The average Bonchev–Trinajstić information content (AvgIpc) is 2.27. The van der Waals surface area contributed by atoms with Crippen LogP contribution in [0.4, 0.5) is 11.4 Å². The highest BCUT2D eigenvalue weighted by Crippen LogP contribution is 2.26. The second kappa shape index (κ2) is 5.31. The maximum Gasteiger partial charge on any atom is 0.250 e. The Balaban J connectivity index is 2.94. The first-order valence-corrected chi connectivity index (χ1v) is 6.57. The number of carbonyl (C=O) groups is 1. The molecule has 0 aliphatic heterocycles. The Hall–Kier alpha value is -1.36.